The molecule has 1 amide bonds. The number of amides is 1. The fourth-order valence-corrected chi connectivity index (χ4v) is 2.06. The summed E-state index contributed by atoms with van der Waals surface area (Å²) in [5.74, 6) is 0.282. The van der Waals surface area contributed by atoms with E-state index in [1.54, 1.807) is 0 Å². The van der Waals surface area contributed by atoms with Crippen LogP contribution in [0.4, 0.5) is 10.5 Å². The number of rotatable bonds is 2. The Morgan fingerprint density at radius 2 is 1.95 bits per heavy atom. The van der Waals surface area contributed by atoms with Crippen molar-refractivity contribution in [3.63, 3.8) is 0 Å². The zero-order valence-electron chi connectivity index (χ0n) is 12.2. The summed E-state index contributed by atoms with van der Waals surface area (Å²) in [6, 6.07) is 7.85. The Morgan fingerprint density at radius 3 is 2.60 bits per heavy atom. The fourth-order valence-electron chi connectivity index (χ4n) is 2.06. The second kappa shape index (κ2) is 5.95. The van der Waals surface area contributed by atoms with Crippen molar-refractivity contribution in [3.05, 3.63) is 54.1 Å². The number of hydrogen-bond acceptors (Lipinski definition) is 2. The molecule has 1 N–H and O–H groups in total. The normalized spacial score (nSPS) is 15.2. The van der Waals surface area contributed by atoms with Gasteiger partial charge in [-0.25, -0.2) is 4.79 Å². The van der Waals surface area contributed by atoms with Crippen LogP contribution in [0.3, 0.4) is 0 Å². The molecular weight excluding hydrogens is 250 g/mol. The smallest absolute Gasteiger partial charge is 0.412 e. The number of carbonyl (C=O) groups is 1. The fraction of sp³-hybridized carbons (Fsp3) is 0.353. The Kier molecular flexibility index (Phi) is 4.28. The third-order valence-electron chi connectivity index (χ3n) is 2.88. The van der Waals surface area contributed by atoms with Crippen LogP contribution in [-0.4, -0.2) is 11.7 Å². The molecule has 1 aliphatic carbocycles. The molecule has 0 unspecified atom stereocenters. The summed E-state index contributed by atoms with van der Waals surface area (Å²) < 4.78 is 5.25. The minimum Gasteiger partial charge on any atom is -0.444 e. The van der Waals surface area contributed by atoms with Gasteiger partial charge in [0.2, 0.25) is 0 Å². The molecule has 0 fully saturated rings. The third-order valence-corrected chi connectivity index (χ3v) is 2.88. The summed E-state index contributed by atoms with van der Waals surface area (Å²) >= 11 is 0. The van der Waals surface area contributed by atoms with Gasteiger partial charge in [0, 0.05) is 11.6 Å². The second-order valence-corrected chi connectivity index (χ2v) is 5.87. The van der Waals surface area contributed by atoms with E-state index in [1.807, 2.05) is 39.0 Å². The molecule has 0 saturated heterocycles. The number of benzene rings is 1. The van der Waals surface area contributed by atoms with Gasteiger partial charge >= 0.3 is 6.09 Å². The van der Waals surface area contributed by atoms with Gasteiger partial charge in [-0.1, -0.05) is 36.4 Å². The lowest BCUT2D eigenvalue weighted by Crippen LogP contribution is -2.27. The molecule has 1 aromatic carbocycles. The second-order valence-electron chi connectivity index (χ2n) is 5.87. The molecule has 1 aliphatic rings. The van der Waals surface area contributed by atoms with Gasteiger partial charge < -0.3 is 4.74 Å². The van der Waals surface area contributed by atoms with E-state index in [4.69, 9.17) is 4.74 Å². The van der Waals surface area contributed by atoms with Crippen LogP contribution in [0, 0.1) is 0 Å². The van der Waals surface area contributed by atoms with E-state index in [0.29, 0.717) is 0 Å². The average Bonchev–Trinajstić information content (AvgIpc) is 2.38. The van der Waals surface area contributed by atoms with Gasteiger partial charge in [0.05, 0.1) is 0 Å². The van der Waals surface area contributed by atoms with Crippen LogP contribution >= 0.6 is 0 Å². The molecule has 0 aromatic heterocycles. The highest BCUT2D eigenvalue weighted by molar-refractivity contribution is 5.85. The quantitative estimate of drug-likeness (QED) is 0.796. The van der Waals surface area contributed by atoms with Gasteiger partial charge in [-0.2, -0.15) is 0 Å². The van der Waals surface area contributed by atoms with Crippen LogP contribution in [0.15, 0.2) is 48.6 Å². The summed E-state index contributed by atoms with van der Waals surface area (Å²) in [4.78, 5) is 11.8. The summed E-state index contributed by atoms with van der Waals surface area (Å²) in [6.45, 7) is 5.54. The SMILES string of the molecule is CC(C)(C)OC(=O)Nc1cccc(C2C=CCC=C2)c1. The summed E-state index contributed by atoms with van der Waals surface area (Å²) in [5, 5.41) is 2.77. The van der Waals surface area contributed by atoms with Crippen molar-refractivity contribution in [3.8, 4) is 0 Å². The highest BCUT2D eigenvalue weighted by atomic mass is 16.6. The maximum absolute atomic E-state index is 11.8. The van der Waals surface area contributed by atoms with Gasteiger partial charge in [0.15, 0.2) is 0 Å². The van der Waals surface area contributed by atoms with E-state index < -0.39 is 11.7 Å². The van der Waals surface area contributed by atoms with Gasteiger partial charge in [-0.05, 0) is 44.9 Å². The standard InChI is InChI=1S/C17H21NO2/c1-17(2,3)20-16(19)18-15-11-7-10-14(12-15)13-8-5-4-6-9-13/h5-13H,4H2,1-3H3,(H,18,19). The molecule has 0 spiro atoms. The van der Waals surface area contributed by atoms with Crippen molar-refractivity contribution < 1.29 is 9.53 Å². The van der Waals surface area contributed by atoms with Crippen molar-refractivity contribution in [1.82, 2.24) is 0 Å². The predicted octanol–water partition coefficient (Wildman–Crippen LogP) is 4.63. The van der Waals surface area contributed by atoms with Crippen molar-refractivity contribution in [1.29, 1.82) is 0 Å². The Hall–Kier alpha value is -2.03. The Bertz CT molecular complexity index is 526. The van der Waals surface area contributed by atoms with Crippen molar-refractivity contribution in [2.45, 2.75) is 38.7 Å². The first-order chi connectivity index (χ1) is 9.44. The lowest BCUT2D eigenvalue weighted by molar-refractivity contribution is 0.0636. The van der Waals surface area contributed by atoms with Crippen molar-refractivity contribution in [2.24, 2.45) is 0 Å². The van der Waals surface area contributed by atoms with Crippen LogP contribution in [0.25, 0.3) is 0 Å². The first-order valence-electron chi connectivity index (χ1n) is 6.87. The molecule has 20 heavy (non-hydrogen) atoms. The van der Waals surface area contributed by atoms with E-state index in [0.717, 1.165) is 17.7 Å². The molecular formula is C17H21NO2. The predicted molar refractivity (Wildman–Crippen MR) is 81.9 cm³/mol. The topological polar surface area (TPSA) is 38.3 Å². The molecule has 3 nitrogen and oxygen atoms in total. The number of ether oxygens (including phenoxy) is 1. The minimum absolute atomic E-state index is 0.282. The van der Waals surface area contributed by atoms with Gasteiger partial charge in [-0.15, -0.1) is 0 Å². The lowest BCUT2D eigenvalue weighted by Gasteiger charge is -2.20. The molecule has 3 heteroatoms. The molecule has 0 saturated carbocycles. The monoisotopic (exact) mass is 271 g/mol. The zero-order chi connectivity index (χ0) is 14.6. The van der Waals surface area contributed by atoms with Crippen molar-refractivity contribution in [2.75, 3.05) is 5.32 Å². The highest BCUT2D eigenvalue weighted by Gasteiger charge is 2.16. The zero-order valence-corrected chi connectivity index (χ0v) is 12.2. The number of allylic oxidation sites excluding steroid dienone is 4. The highest BCUT2D eigenvalue weighted by Crippen LogP contribution is 2.25. The van der Waals surface area contributed by atoms with Crippen LogP contribution in [-0.2, 0) is 4.74 Å². The summed E-state index contributed by atoms with van der Waals surface area (Å²) in [6.07, 6.45) is 9.22. The lowest BCUT2D eigenvalue weighted by atomic mass is 9.94. The van der Waals surface area contributed by atoms with E-state index in [-0.39, 0.29) is 5.92 Å². The molecule has 1 aromatic rings. The molecule has 0 atom stereocenters. The summed E-state index contributed by atoms with van der Waals surface area (Å²) in [7, 11) is 0. The van der Waals surface area contributed by atoms with E-state index in [2.05, 4.69) is 35.7 Å². The van der Waals surface area contributed by atoms with Gasteiger partial charge in [0.1, 0.15) is 5.60 Å². The molecule has 0 aliphatic heterocycles. The average molecular weight is 271 g/mol. The number of nitrogens with one attached hydrogen (secondary N) is 1. The van der Waals surface area contributed by atoms with Crippen LogP contribution in [0.2, 0.25) is 0 Å². The first-order valence-corrected chi connectivity index (χ1v) is 6.87. The van der Waals surface area contributed by atoms with Crippen LogP contribution < -0.4 is 5.32 Å². The Labute approximate surface area is 120 Å². The van der Waals surface area contributed by atoms with E-state index >= 15 is 0 Å². The Balaban J connectivity index is 2.06. The van der Waals surface area contributed by atoms with Gasteiger partial charge in [0.25, 0.3) is 0 Å². The largest absolute Gasteiger partial charge is 0.444 e. The third kappa shape index (κ3) is 4.26. The van der Waals surface area contributed by atoms with E-state index in [9.17, 15) is 4.79 Å². The molecule has 0 heterocycles. The minimum atomic E-state index is -0.490. The maximum Gasteiger partial charge on any atom is 0.412 e. The maximum atomic E-state index is 11.8. The van der Waals surface area contributed by atoms with Crippen LogP contribution in [0.1, 0.15) is 38.7 Å². The molecule has 2 rings (SSSR count). The summed E-state index contributed by atoms with van der Waals surface area (Å²) in [5.41, 5.74) is 1.42. The van der Waals surface area contributed by atoms with Gasteiger partial charge in [-0.3, -0.25) is 5.32 Å². The molecule has 106 valence electrons. The van der Waals surface area contributed by atoms with E-state index in [1.165, 1.54) is 0 Å². The van der Waals surface area contributed by atoms with Crippen LogP contribution in [0.5, 0.6) is 0 Å². The Morgan fingerprint density at radius 1 is 1.25 bits per heavy atom. The molecule has 0 bridgehead atoms. The number of hydrogen-bond donors (Lipinski definition) is 1. The number of carbonyl (C=O) groups excluding carboxylic acids is 1. The number of anilines is 1. The molecule has 0 radical (unpaired) electrons. The van der Waals surface area contributed by atoms with Crippen molar-refractivity contribution >= 4 is 11.8 Å². The first kappa shape index (κ1) is 14.4.